The predicted molar refractivity (Wildman–Crippen MR) is 141 cm³/mol. The molecule has 1 aromatic heterocycles. The van der Waals surface area contributed by atoms with Crippen LogP contribution < -0.4 is 10.1 Å². The zero-order chi connectivity index (χ0) is 26.5. The van der Waals surface area contributed by atoms with Gasteiger partial charge in [0.2, 0.25) is 0 Å². The maximum atomic E-state index is 14.7. The van der Waals surface area contributed by atoms with Crippen LogP contribution in [0.5, 0.6) is 11.5 Å². The van der Waals surface area contributed by atoms with Crippen LogP contribution >= 0.6 is 0 Å². The molecule has 2 heterocycles. The van der Waals surface area contributed by atoms with E-state index in [0.717, 1.165) is 55.3 Å². The minimum atomic E-state index is -1.60. The number of rotatable bonds is 9. The molecule has 7 nitrogen and oxygen atoms in total. The van der Waals surface area contributed by atoms with E-state index in [0.29, 0.717) is 0 Å². The van der Waals surface area contributed by atoms with E-state index in [9.17, 15) is 13.9 Å². The number of β-amino-alcohol motifs (C(OH)–C–C–N with tert-alkyl or cyclic N) is 1. The number of anilines is 1. The van der Waals surface area contributed by atoms with Crippen molar-refractivity contribution in [2.75, 3.05) is 25.0 Å². The fourth-order valence-electron chi connectivity index (χ4n) is 4.87. The molecule has 1 unspecified atom stereocenters. The third-order valence-electron chi connectivity index (χ3n) is 6.88. The molecule has 1 atom stereocenters. The van der Waals surface area contributed by atoms with E-state index in [1.165, 1.54) is 29.0 Å². The lowest BCUT2D eigenvalue weighted by Gasteiger charge is -2.38. The Balaban J connectivity index is 1.18. The lowest BCUT2D eigenvalue weighted by atomic mass is 9.91. The summed E-state index contributed by atoms with van der Waals surface area (Å²) in [6.07, 6.45) is 4.54. The number of hydrogen-bond acceptors (Lipinski definition) is 6. The number of ether oxygens (including phenoxy) is 1. The Labute approximate surface area is 220 Å². The molecule has 1 saturated heterocycles. The number of hydrogen-bond donors (Lipinski definition) is 2. The second-order valence-corrected chi connectivity index (χ2v) is 9.88. The molecular weight excluding hydrogens is 488 g/mol. The van der Waals surface area contributed by atoms with Gasteiger partial charge in [0.1, 0.15) is 41.4 Å². The average Bonchev–Trinajstić information content (AvgIpc) is 3.40. The Bertz CT molecular complexity index is 1320. The van der Waals surface area contributed by atoms with Gasteiger partial charge in [0.25, 0.3) is 0 Å². The standard InChI is InChI=1S/C29H31F2N5O2/c1-21-2-7-25(8-3-21)38-26-9-5-23(6-10-26)34-24-12-14-35(15-13-24)17-29(37,18-36-20-32-19-33-36)27-11-4-22(30)16-28(27)31/h2-11,16,19-20,24,34,37H,12-15,17-18H2,1H3. The van der Waals surface area contributed by atoms with Crippen LogP contribution in [0.15, 0.2) is 79.4 Å². The zero-order valence-corrected chi connectivity index (χ0v) is 21.2. The molecule has 2 N–H and O–H groups in total. The molecule has 4 aromatic rings. The summed E-state index contributed by atoms with van der Waals surface area (Å²) in [5.41, 5.74) is 0.641. The van der Waals surface area contributed by atoms with Crippen molar-refractivity contribution in [3.05, 3.63) is 102 Å². The third kappa shape index (κ3) is 6.35. The minimum absolute atomic E-state index is 0.00470. The van der Waals surface area contributed by atoms with Crippen LogP contribution in [-0.2, 0) is 12.1 Å². The largest absolute Gasteiger partial charge is 0.457 e. The van der Waals surface area contributed by atoms with Gasteiger partial charge in [-0.2, -0.15) is 5.10 Å². The summed E-state index contributed by atoms with van der Waals surface area (Å²) in [6.45, 7) is 3.67. The van der Waals surface area contributed by atoms with E-state index in [2.05, 4.69) is 20.3 Å². The summed E-state index contributed by atoms with van der Waals surface area (Å²) in [7, 11) is 0. The van der Waals surface area contributed by atoms with Gasteiger partial charge in [-0.15, -0.1) is 0 Å². The van der Waals surface area contributed by atoms with Gasteiger partial charge >= 0.3 is 0 Å². The molecule has 1 fully saturated rings. The topological polar surface area (TPSA) is 75.4 Å². The zero-order valence-electron chi connectivity index (χ0n) is 21.2. The highest BCUT2D eigenvalue weighted by molar-refractivity contribution is 5.48. The number of likely N-dealkylation sites (tertiary alicyclic amines) is 1. The predicted octanol–water partition coefficient (Wildman–Crippen LogP) is 5.12. The van der Waals surface area contributed by atoms with Gasteiger partial charge in [-0.3, -0.25) is 4.90 Å². The number of nitrogens with one attached hydrogen (secondary N) is 1. The van der Waals surface area contributed by atoms with Crippen molar-refractivity contribution < 1.29 is 18.6 Å². The van der Waals surface area contributed by atoms with Gasteiger partial charge < -0.3 is 15.2 Å². The summed E-state index contributed by atoms with van der Waals surface area (Å²) >= 11 is 0. The van der Waals surface area contributed by atoms with Crippen LogP contribution in [0, 0.1) is 18.6 Å². The molecule has 1 aliphatic heterocycles. The molecule has 0 saturated carbocycles. The second kappa shape index (κ2) is 11.3. The number of benzene rings is 3. The second-order valence-electron chi connectivity index (χ2n) is 9.88. The fourth-order valence-corrected chi connectivity index (χ4v) is 4.87. The van der Waals surface area contributed by atoms with Gasteiger partial charge in [-0.25, -0.2) is 18.4 Å². The van der Waals surface area contributed by atoms with Crippen LogP contribution in [0.4, 0.5) is 14.5 Å². The highest BCUT2D eigenvalue weighted by Crippen LogP contribution is 2.30. The van der Waals surface area contributed by atoms with Crippen LogP contribution in [0.1, 0.15) is 24.0 Å². The molecule has 9 heteroatoms. The van der Waals surface area contributed by atoms with E-state index in [4.69, 9.17) is 4.74 Å². The van der Waals surface area contributed by atoms with Crippen molar-refractivity contribution in [3.8, 4) is 11.5 Å². The highest BCUT2D eigenvalue weighted by atomic mass is 19.1. The first-order valence-electron chi connectivity index (χ1n) is 12.7. The van der Waals surface area contributed by atoms with E-state index < -0.39 is 17.2 Å². The summed E-state index contributed by atoms with van der Waals surface area (Å²) in [5.74, 6) is 0.108. The van der Waals surface area contributed by atoms with Crippen LogP contribution in [0.2, 0.25) is 0 Å². The molecular formula is C29H31F2N5O2. The van der Waals surface area contributed by atoms with Crippen molar-refractivity contribution in [3.63, 3.8) is 0 Å². The van der Waals surface area contributed by atoms with Gasteiger partial charge in [0.15, 0.2) is 0 Å². The molecule has 1 aliphatic rings. The molecule has 0 spiro atoms. The van der Waals surface area contributed by atoms with Crippen LogP contribution in [0.3, 0.4) is 0 Å². The molecule has 0 bridgehead atoms. The number of halogens is 2. The maximum absolute atomic E-state index is 14.7. The first kappa shape index (κ1) is 25.8. The Morgan fingerprint density at radius 1 is 0.974 bits per heavy atom. The Kier molecular flexibility index (Phi) is 7.67. The normalized spacial score (nSPS) is 16.2. The van der Waals surface area contributed by atoms with Crippen LogP contribution in [0.25, 0.3) is 0 Å². The quantitative estimate of drug-likeness (QED) is 0.320. The van der Waals surface area contributed by atoms with E-state index in [1.54, 1.807) is 0 Å². The third-order valence-corrected chi connectivity index (χ3v) is 6.88. The van der Waals surface area contributed by atoms with Crippen LogP contribution in [-0.4, -0.2) is 50.4 Å². The number of aliphatic hydroxyl groups is 1. The number of piperidine rings is 1. The van der Waals surface area contributed by atoms with Crippen molar-refractivity contribution in [2.24, 2.45) is 0 Å². The maximum Gasteiger partial charge on any atom is 0.137 e. The molecule has 0 aliphatic carbocycles. The Morgan fingerprint density at radius 2 is 1.66 bits per heavy atom. The molecule has 198 valence electrons. The molecule has 5 rings (SSSR count). The van der Waals surface area contributed by atoms with Gasteiger partial charge in [0.05, 0.1) is 6.54 Å². The van der Waals surface area contributed by atoms with Crippen molar-refractivity contribution in [2.45, 2.75) is 38.0 Å². The Hall–Kier alpha value is -3.82. The van der Waals surface area contributed by atoms with Crippen molar-refractivity contribution in [1.29, 1.82) is 0 Å². The molecule has 0 amide bonds. The summed E-state index contributed by atoms with van der Waals surface area (Å²) in [6, 6.07) is 19.4. The monoisotopic (exact) mass is 519 g/mol. The van der Waals surface area contributed by atoms with Gasteiger partial charge in [-0.1, -0.05) is 23.8 Å². The first-order valence-corrected chi connectivity index (χ1v) is 12.7. The lowest BCUT2D eigenvalue weighted by molar-refractivity contribution is -0.0260. The SMILES string of the molecule is Cc1ccc(Oc2ccc(NC3CCN(CC(O)(Cn4cncn4)c4ccc(F)cc4F)CC3)cc2)cc1. The van der Waals surface area contributed by atoms with Crippen molar-refractivity contribution >= 4 is 5.69 Å². The number of nitrogens with zero attached hydrogens (tertiary/aromatic N) is 4. The minimum Gasteiger partial charge on any atom is -0.457 e. The summed E-state index contributed by atoms with van der Waals surface area (Å²) < 4.78 is 35.6. The number of aromatic nitrogens is 3. The fraction of sp³-hybridized carbons (Fsp3) is 0.310. The smallest absolute Gasteiger partial charge is 0.137 e. The lowest BCUT2D eigenvalue weighted by Crippen LogP contribution is -2.48. The first-order chi connectivity index (χ1) is 18.4. The van der Waals surface area contributed by atoms with E-state index >= 15 is 0 Å². The van der Waals surface area contributed by atoms with Gasteiger partial charge in [-0.05, 0) is 62.2 Å². The molecule has 0 radical (unpaired) electrons. The van der Waals surface area contributed by atoms with E-state index in [1.807, 2.05) is 55.5 Å². The molecule has 38 heavy (non-hydrogen) atoms. The van der Waals surface area contributed by atoms with E-state index in [-0.39, 0.29) is 24.7 Å². The average molecular weight is 520 g/mol. The summed E-state index contributed by atoms with van der Waals surface area (Å²) in [5, 5.41) is 19.3. The van der Waals surface area contributed by atoms with Crippen molar-refractivity contribution in [1.82, 2.24) is 19.7 Å². The number of aryl methyl sites for hydroxylation is 1. The Morgan fingerprint density at radius 3 is 2.29 bits per heavy atom. The molecule has 3 aromatic carbocycles. The van der Waals surface area contributed by atoms with Gasteiger partial charge in [0, 0.05) is 43.0 Å². The highest BCUT2D eigenvalue weighted by Gasteiger charge is 2.36. The summed E-state index contributed by atoms with van der Waals surface area (Å²) in [4.78, 5) is 6.03.